The highest BCUT2D eigenvalue weighted by molar-refractivity contribution is 6.32. The van der Waals surface area contributed by atoms with Crippen LogP contribution in [0.3, 0.4) is 0 Å². The molecule has 0 fully saturated rings. The summed E-state index contributed by atoms with van der Waals surface area (Å²) >= 11 is 6.24. The third kappa shape index (κ3) is 7.19. The van der Waals surface area contributed by atoms with Crippen molar-refractivity contribution in [2.75, 3.05) is 36.9 Å². The van der Waals surface area contributed by atoms with Crippen LogP contribution in [0.4, 0.5) is 11.5 Å². The Balaban J connectivity index is 1.81. The van der Waals surface area contributed by atoms with E-state index in [-0.39, 0.29) is 12.5 Å². The molecule has 0 aliphatic rings. The molecule has 27 heavy (non-hydrogen) atoms. The minimum Gasteiger partial charge on any atom is -0.395 e. The number of fused-ring (bicyclic) bond motifs is 1. The van der Waals surface area contributed by atoms with Crippen molar-refractivity contribution < 1.29 is 9.90 Å². The van der Waals surface area contributed by atoms with Crippen molar-refractivity contribution >= 4 is 40.0 Å². The average molecular weight is 394 g/mol. The van der Waals surface area contributed by atoms with Gasteiger partial charge in [0, 0.05) is 31.7 Å². The SMILES string of the molecule is CC(C)CC(=O)NCCCCNc1nc2ccc(NCCO)cc2nc1Cl. The van der Waals surface area contributed by atoms with Crippen molar-refractivity contribution in [2.45, 2.75) is 33.1 Å². The van der Waals surface area contributed by atoms with Crippen molar-refractivity contribution in [3.05, 3.63) is 23.4 Å². The van der Waals surface area contributed by atoms with E-state index >= 15 is 0 Å². The van der Waals surface area contributed by atoms with Gasteiger partial charge in [-0.2, -0.15) is 0 Å². The van der Waals surface area contributed by atoms with E-state index < -0.39 is 0 Å². The van der Waals surface area contributed by atoms with Crippen molar-refractivity contribution in [2.24, 2.45) is 5.92 Å². The number of aromatic nitrogens is 2. The number of aliphatic hydroxyl groups is 1. The highest BCUT2D eigenvalue weighted by Gasteiger charge is 2.08. The van der Waals surface area contributed by atoms with Crippen molar-refractivity contribution in [3.63, 3.8) is 0 Å². The van der Waals surface area contributed by atoms with Crippen LogP contribution in [0, 0.1) is 5.92 Å². The number of unbranched alkanes of at least 4 members (excludes halogenated alkanes) is 1. The van der Waals surface area contributed by atoms with Gasteiger partial charge in [-0.1, -0.05) is 25.4 Å². The predicted octanol–water partition coefficient (Wildman–Crippen LogP) is 3.04. The molecule has 0 radical (unpaired) electrons. The molecule has 2 rings (SSSR count). The van der Waals surface area contributed by atoms with Gasteiger partial charge in [-0.15, -0.1) is 0 Å². The molecule has 8 heteroatoms. The van der Waals surface area contributed by atoms with Crippen LogP contribution in [0.25, 0.3) is 11.0 Å². The number of benzene rings is 1. The number of carbonyl (C=O) groups is 1. The van der Waals surface area contributed by atoms with E-state index in [1.165, 1.54) is 0 Å². The largest absolute Gasteiger partial charge is 0.395 e. The zero-order chi connectivity index (χ0) is 19.6. The summed E-state index contributed by atoms with van der Waals surface area (Å²) in [5.74, 6) is 1.04. The van der Waals surface area contributed by atoms with E-state index in [4.69, 9.17) is 16.7 Å². The third-order valence-electron chi connectivity index (χ3n) is 3.87. The van der Waals surface area contributed by atoms with Crippen LogP contribution in [0.5, 0.6) is 0 Å². The summed E-state index contributed by atoms with van der Waals surface area (Å²) in [5, 5.41) is 18.4. The predicted molar refractivity (Wildman–Crippen MR) is 110 cm³/mol. The number of nitrogens with zero attached hydrogens (tertiary/aromatic N) is 2. The van der Waals surface area contributed by atoms with E-state index in [1.54, 1.807) is 0 Å². The lowest BCUT2D eigenvalue weighted by atomic mass is 10.1. The lowest BCUT2D eigenvalue weighted by Crippen LogP contribution is -2.25. The lowest BCUT2D eigenvalue weighted by molar-refractivity contribution is -0.121. The minimum atomic E-state index is 0.0642. The molecule has 0 spiro atoms. The van der Waals surface area contributed by atoms with Crippen LogP contribution >= 0.6 is 11.6 Å². The number of hydrogen-bond donors (Lipinski definition) is 4. The first-order valence-electron chi connectivity index (χ1n) is 9.32. The Kier molecular flexibility index (Phi) is 8.54. The molecule has 148 valence electrons. The fourth-order valence-corrected chi connectivity index (χ4v) is 2.78. The summed E-state index contributed by atoms with van der Waals surface area (Å²) in [4.78, 5) is 20.5. The maximum Gasteiger partial charge on any atom is 0.220 e. The van der Waals surface area contributed by atoms with Gasteiger partial charge >= 0.3 is 0 Å². The van der Waals surface area contributed by atoms with Crippen molar-refractivity contribution in [1.82, 2.24) is 15.3 Å². The van der Waals surface area contributed by atoms with Gasteiger partial charge in [-0.3, -0.25) is 4.79 Å². The molecule has 1 heterocycles. The fourth-order valence-electron chi connectivity index (χ4n) is 2.58. The Hall–Kier alpha value is -2.12. The maximum absolute atomic E-state index is 11.6. The molecule has 0 unspecified atom stereocenters. The number of amides is 1. The molecule has 7 nitrogen and oxygen atoms in total. The van der Waals surface area contributed by atoms with Gasteiger partial charge in [-0.05, 0) is 37.0 Å². The molecule has 0 atom stereocenters. The van der Waals surface area contributed by atoms with Gasteiger partial charge in [0.25, 0.3) is 0 Å². The zero-order valence-electron chi connectivity index (χ0n) is 15.9. The van der Waals surface area contributed by atoms with Crippen molar-refractivity contribution in [1.29, 1.82) is 0 Å². The second-order valence-corrected chi connectivity index (χ2v) is 7.16. The number of nitrogens with one attached hydrogen (secondary N) is 3. The number of carbonyl (C=O) groups excluding carboxylic acids is 1. The number of anilines is 2. The molecule has 4 N–H and O–H groups in total. The Morgan fingerprint density at radius 3 is 2.63 bits per heavy atom. The first-order valence-corrected chi connectivity index (χ1v) is 9.70. The second-order valence-electron chi connectivity index (χ2n) is 6.80. The van der Waals surface area contributed by atoms with Crippen LogP contribution in [0.1, 0.15) is 33.1 Å². The fraction of sp³-hybridized carbons (Fsp3) is 0.526. The van der Waals surface area contributed by atoms with Gasteiger partial charge in [0.2, 0.25) is 5.91 Å². The second kappa shape index (κ2) is 10.9. The molecular formula is C19H28ClN5O2. The first-order chi connectivity index (χ1) is 13.0. The Bertz CT molecular complexity index is 754. The molecule has 1 amide bonds. The summed E-state index contributed by atoms with van der Waals surface area (Å²) in [6.45, 7) is 5.98. The lowest BCUT2D eigenvalue weighted by Gasteiger charge is -2.10. The quantitative estimate of drug-likeness (QED) is 0.438. The van der Waals surface area contributed by atoms with Crippen LogP contribution in [-0.4, -0.2) is 47.2 Å². The molecule has 1 aromatic heterocycles. The molecule has 0 aliphatic heterocycles. The highest BCUT2D eigenvalue weighted by atomic mass is 35.5. The standard InChI is InChI=1S/C19H28ClN5O2/c1-13(2)11-17(27)22-7-3-4-8-23-19-18(20)24-16-12-14(21-9-10-26)5-6-15(16)25-19/h5-6,12-13,21,26H,3-4,7-11H2,1-2H3,(H,22,27)(H,23,25). The Morgan fingerprint density at radius 1 is 1.11 bits per heavy atom. The van der Waals surface area contributed by atoms with Crippen LogP contribution in [0.15, 0.2) is 18.2 Å². The average Bonchev–Trinajstić information content (AvgIpc) is 2.62. The molecule has 0 bridgehead atoms. The number of hydrogen-bond acceptors (Lipinski definition) is 6. The summed E-state index contributed by atoms with van der Waals surface area (Å²) in [6, 6.07) is 5.62. The molecular weight excluding hydrogens is 366 g/mol. The maximum atomic E-state index is 11.6. The Labute approximate surface area is 164 Å². The molecule has 1 aromatic carbocycles. The van der Waals surface area contributed by atoms with E-state index in [9.17, 15) is 4.79 Å². The van der Waals surface area contributed by atoms with Gasteiger partial charge in [0.05, 0.1) is 17.6 Å². The van der Waals surface area contributed by atoms with Gasteiger partial charge in [0.15, 0.2) is 11.0 Å². The van der Waals surface area contributed by atoms with Gasteiger partial charge < -0.3 is 21.1 Å². The monoisotopic (exact) mass is 393 g/mol. The molecule has 2 aromatic rings. The molecule has 0 saturated heterocycles. The summed E-state index contributed by atoms with van der Waals surface area (Å²) in [5.41, 5.74) is 2.31. The first kappa shape index (κ1) is 21.2. The third-order valence-corrected chi connectivity index (χ3v) is 4.14. The number of aliphatic hydroxyl groups excluding tert-OH is 1. The van der Waals surface area contributed by atoms with E-state index in [2.05, 4.69) is 25.9 Å². The number of halogens is 1. The molecule has 0 saturated carbocycles. The summed E-state index contributed by atoms with van der Waals surface area (Å²) in [6.07, 6.45) is 2.34. The van der Waals surface area contributed by atoms with E-state index in [0.29, 0.717) is 48.5 Å². The molecule has 0 aliphatic carbocycles. The van der Waals surface area contributed by atoms with Crippen LogP contribution in [-0.2, 0) is 4.79 Å². The summed E-state index contributed by atoms with van der Waals surface area (Å²) < 4.78 is 0. The minimum absolute atomic E-state index is 0.0642. The van der Waals surface area contributed by atoms with Crippen LogP contribution in [0.2, 0.25) is 5.15 Å². The highest BCUT2D eigenvalue weighted by Crippen LogP contribution is 2.23. The van der Waals surface area contributed by atoms with Gasteiger partial charge in [0.1, 0.15) is 0 Å². The summed E-state index contributed by atoms with van der Waals surface area (Å²) in [7, 11) is 0. The van der Waals surface area contributed by atoms with Crippen molar-refractivity contribution in [3.8, 4) is 0 Å². The van der Waals surface area contributed by atoms with E-state index in [0.717, 1.165) is 24.0 Å². The zero-order valence-corrected chi connectivity index (χ0v) is 16.6. The van der Waals surface area contributed by atoms with Gasteiger partial charge in [-0.25, -0.2) is 9.97 Å². The smallest absolute Gasteiger partial charge is 0.220 e. The van der Waals surface area contributed by atoms with E-state index in [1.807, 2.05) is 32.0 Å². The Morgan fingerprint density at radius 2 is 1.89 bits per heavy atom. The van der Waals surface area contributed by atoms with Crippen LogP contribution < -0.4 is 16.0 Å². The number of rotatable bonds is 11. The topological polar surface area (TPSA) is 99.2 Å². The normalized spacial score (nSPS) is 11.0.